The normalized spacial score (nSPS) is 11.3. The molecule has 0 aliphatic rings. The molecule has 0 amide bonds. The third-order valence-electron chi connectivity index (χ3n) is 3.87. The summed E-state index contributed by atoms with van der Waals surface area (Å²) >= 11 is 0. The SMILES string of the molecule is CC(C)c1ccc(Oc2ccnc3c2n(C)c(=O)n3C)cc1. The van der Waals surface area contributed by atoms with Crippen molar-refractivity contribution in [2.24, 2.45) is 14.1 Å². The first kappa shape index (κ1) is 14.4. The first-order valence-electron chi connectivity index (χ1n) is 7.27. The number of hydrogen-bond acceptors (Lipinski definition) is 3. The highest BCUT2D eigenvalue weighted by atomic mass is 16.5. The summed E-state index contributed by atoms with van der Waals surface area (Å²) in [6.07, 6.45) is 1.65. The molecule has 0 aliphatic heterocycles. The van der Waals surface area contributed by atoms with Gasteiger partial charge < -0.3 is 4.74 Å². The number of aryl methyl sites for hydroxylation is 2. The van der Waals surface area contributed by atoms with Crippen molar-refractivity contribution in [3.05, 3.63) is 52.6 Å². The Morgan fingerprint density at radius 2 is 1.73 bits per heavy atom. The number of nitrogens with zero attached hydrogens (tertiary/aromatic N) is 3. The van der Waals surface area contributed by atoms with Gasteiger partial charge in [0.25, 0.3) is 0 Å². The predicted molar refractivity (Wildman–Crippen MR) is 86.6 cm³/mol. The molecule has 114 valence electrons. The van der Waals surface area contributed by atoms with Gasteiger partial charge in [-0.25, -0.2) is 9.78 Å². The minimum Gasteiger partial charge on any atom is -0.455 e. The van der Waals surface area contributed by atoms with Crippen molar-refractivity contribution >= 4 is 11.2 Å². The summed E-state index contributed by atoms with van der Waals surface area (Å²) in [5.74, 6) is 1.85. The third kappa shape index (κ3) is 2.28. The van der Waals surface area contributed by atoms with Gasteiger partial charge in [-0.05, 0) is 23.6 Å². The molecule has 0 aliphatic carbocycles. The van der Waals surface area contributed by atoms with Gasteiger partial charge in [0.1, 0.15) is 11.3 Å². The molecule has 1 aromatic carbocycles. The Hall–Kier alpha value is -2.56. The summed E-state index contributed by atoms with van der Waals surface area (Å²) in [7, 11) is 3.43. The van der Waals surface area contributed by atoms with Crippen LogP contribution in [-0.2, 0) is 14.1 Å². The van der Waals surface area contributed by atoms with E-state index in [-0.39, 0.29) is 5.69 Å². The fraction of sp³-hybridized carbons (Fsp3) is 0.294. The van der Waals surface area contributed by atoms with Crippen LogP contribution in [0.1, 0.15) is 25.3 Å². The molecule has 2 heterocycles. The van der Waals surface area contributed by atoms with E-state index in [1.54, 1.807) is 30.9 Å². The molecule has 3 aromatic rings. The van der Waals surface area contributed by atoms with Gasteiger partial charge >= 0.3 is 5.69 Å². The van der Waals surface area contributed by atoms with Crippen molar-refractivity contribution < 1.29 is 4.74 Å². The summed E-state index contributed by atoms with van der Waals surface area (Å²) in [6.45, 7) is 4.31. The van der Waals surface area contributed by atoms with Gasteiger partial charge in [0.05, 0.1) is 0 Å². The Morgan fingerprint density at radius 3 is 2.36 bits per heavy atom. The van der Waals surface area contributed by atoms with E-state index in [4.69, 9.17) is 4.74 Å². The fourth-order valence-electron chi connectivity index (χ4n) is 2.53. The fourth-order valence-corrected chi connectivity index (χ4v) is 2.53. The Morgan fingerprint density at radius 1 is 1.05 bits per heavy atom. The summed E-state index contributed by atoms with van der Waals surface area (Å²) in [6, 6.07) is 9.79. The molecular weight excluding hydrogens is 278 g/mol. The van der Waals surface area contributed by atoms with Crippen molar-refractivity contribution in [3.63, 3.8) is 0 Å². The smallest absolute Gasteiger partial charge is 0.329 e. The molecule has 0 bridgehead atoms. The van der Waals surface area contributed by atoms with Crippen LogP contribution in [0.5, 0.6) is 11.5 Å². The molecule has 0 N–H and O–H groups in total. The Bertz CT molecular complexity index is 873. The molecule has 3 rings (SSSR count). The molecule has 0 spiro atoms. The van der Waals surface area contributed by atoms with Gasteiger partial charge in [0, 0.05) is 26.4 Å². The summed E-state index contributed by atoms with van der Waals surface area (Å²) in [5.41, 5.74) is 2.46. The van der Waals surface area contributed by atoms with Gasteiger partial charge in [0.2, 0.25) is 0 Å². The molecular formula is C17H19N3O2. The Balaban J connectivity index is 2.04. The lowest BCUT2D eigenvalue weighted by atomic mass is 10.0. The van der Waals surface area contributed by atoms with Gasteiger partial charge in [0.15, 0.2) is 11.4 Å². The van der Waals surface area contributed by atoms with Crippen LogP contribution in [-0.4, -0.2) is 14.1 Å². The van der Waals surface area contributed by atoms with Crippen LogP contribution in [0.4, 0.5) is 0 Å². The van der Waals surface area contributed by atoms with Gasteiger partial charge in [-0.2, -0.15) is 0 Å². The number of benzene rings is 1. The highest BCUT2D eigenvalue weighted by Gasteiger charge is 2.14. The minimum absolute atomic E-state index is 0.117. The maximum Gasteiger partial charge on any atom is 0.329 e. The second kappa shape index (κ2) is 5.33. The van der Waals surface area contributed by atoms with E-state index >= 15 is 0 Å². The number of pyridine rings is 1. The monoisotopic (exact) mass is 297 g/mol. The number of aromatic nitrogens is 3. The van der Waals surface area contributed by atoms with Gasteiger partial charge in [-0.1, -0.05) is 26.0 Å². The van der Waals surface area contributed by atoms with Crippen molar-refractivity contribution in [3.8, 4) is 11.5 Å². The zero-order chi connectivity index (χ0) is 15.9. The van der Waals surface area contributed by atoms with Crippen LogP contribution >= 0.6 is 0 Å². The van der Waals surface area contributed by atoms with E-state index in [0.717, 1.165) is 5.75 Å². The van der Waals surface area contributed by atoms with Crippen LogP contribution < -0.4 is 10.4 Å². The van der Waals surface area contributed by atoms with Crippen LogP contribution in [0.2, 0.25) is 0 Å². The molecule has 0 atom stereocenters. The quantitative estimate of drug-likeness (QED) is 0.746. The molecule has 0 radical (unpaired) electrons. The molecule has 5 nitrogen and oxygen atoms in total. The minimum atomic E-state index is -0.117. The lowest BCUT2D eigenvalue weighted by Gasteiger charge is -2.09. The van der Waals surface area contributed by atoms with Crippen molar-refractivity contribution in [1.29, 1.82) is 0 Å². The molecule has 2 aromatic heterocycles. The number of ether oxygens (including phenoxy) is 1. The topological polar surface area (TPSA) is 49.1 Å². The van der Waals surface area contributed by atoms with Crippen LogP contribution in [0.25, 0.3) is 11.2 Å². The second-order valence-corrected chi connectivity index (χ2v) is 5.71. The molecule has 0 fully saturated rings. The maximum absolute atomic E-state index is 12.0. The third-order valence-corrected chi connectivity index (χ3v) is 3.87. The number of hydrogen-bond donors (Lipinski definition) is 0. The zero-order valence-corrected chi connectivity index (χ0v) is 13.2. The summed E-state index contributed by atoms with van der Waals surface area (Å²) in [4.78, 5) is 16.3. The van der Waals surface area contributed by atoms with E-state index in [2.05, 4.69) is 31.0 Å². The number of imidazole rings is 1. The van der Waals surface area contributed by atoms with E-state index in [1.165, 1.54) is 10.1 Å². The lowest BCUT2D eigenvalue weighted by molar-refractivity contribution is 0.485. The van der Waals surface area contributed by atoms with Crippen molar-refractivity contribution in [2.75, 3.05) is 0 Å². The zero-order valence-electron chi connectivity index (χ0n) is 13.2. The molecule has 0 saturated heterocycles. The summed E-state index contributed by atoms with van der Waals surface area (Å²) < 4.78 is 9.04. The van der Waals surface area contributed by atoms with E-state index in [1.807, 2.05) is 12.1 Å². The van der Waals surface area contributed by atoms with Gasteiger partial charge in [-0.3, -0.25) is 9.13 Å². The van der Waals surface area contributed by atoms with E-state index in [0.29, 0.717) is 22.8 Å². The van der Waals surface area contributed by atoms with Crippen LogP contribution in [0.15, 0.2) is 41.3 Å². The van der Waals surface area contributed by atoms with Crippen molar-refractivity contribution in [1.82, 2.24) is 14.1 Å². The van der Waals surface area contributed by atoms with E-state index < -0.39 is 0 Å². The molecule has 0 unspecified atom stereocenters. The lowest BCUT2D eigenvalue weighted by Crippen LogP contribution is -2.19. The molecule has 0 saturated carbocycles. The predicted octanol–water partition coefficient (Wildman–Crippen LogP) is 3.19. The molecule has 22 heavy (non-hydrogen) atoms. The number of fused-ring (bicyclic) bond motifs is 1. The Kier molecular flexibility index (Phi) is 3.48. The highest BCUT2D eigenvalue weighted by molar-refractivity contribution is 5.79. The average Bonchev–Trinajstić information content (AvgIpc) is 2.73. The number of rotatable bonds is 3. The Labute approximate surface area is 128 Å². The first-order chi connectivity index (χ1) is 10.5. The largest absolute Gasteiger partial charge is 0.455 e. The average molecular weight is 297 g/mol. The van der Waals surface area contributed by atoms with Crippen LogP contribution in [0, 0.1) is 0 Å². The summed E-state index contributed by atoms with van der Waals surface area (Å²) in [5, 5.41) is 0. The standard InChI is InChI=1S/C17H19N3O2/c1-11(2)12-5-7-13(8-6-12)22-14-9-10-18-16-15(14)19(3)17(21)20(16)4/h5-11H,1-4H3. The second-order valence-electron chi connectivity index (χ2n) is 5.71. The van der Waals surface area contributed by atoms with Gasteiger partial charge in [-0.15, -0.1) is 0 Å². The van der Waals surface area contributed by atoms with Crippen LogP contribution in [0.3, 0.4) is 0 Å². The maximum atomic E-state index is 12.0. The first-order valence-corrected chi connectivity index (χ1v) is 7.27. The highest BCUT2D eigenvalue weighted by Crippen LogP contribution is 2.28. The van der Waals surface area contributed by atoms with Crippen molar-refractivity contribution in [2.45, 2.75) is 19.8 Å². The molecule has 5 heteroatoms. The van der Waals surface area contributed by atoms with E-state index in [9.17, 15) is 4.79 Å².